The third-order valence-electron chi connectivity index (χ3n) is 3.75. The standard InChI is InChI=1S/C16H11ClF2O2/c17-14-5-8(11-7-13(11)16(20)21)1-3-10(14)12-6-9(18)2-4-15(12)19/h1-6,11,13H,7H2,(H,20,21)/t11-,13+/m0/s1. The molecular weight excluding hydrogens is 298 g/mol. The quantitative estimate of drug-likeness (QED) is 0.908. The lowest BCUT2D eigenvalue weighted by molar-refractivity contribution is -0.138. The Balaban J connectivity index is 1.95. The Morgan fingerprint density at radius 1 is 1.14 bits per heavy atom. The van der Waals surface area contributed by atoms with Crippen LogP contribution in [0.4, 0.5) is 8.78 Å². The summed E-state index contributed by atoms with van der Waals surface area (Å²) < 4.78 is 27.0. The van der Waals surface area contributed by atoms with Crippen LogP contribution in [0.15, 0.2) is 36.4 Å². The lowest BCUT2D eigenvalue weighted by Crippen LogP contribution is -1.99. The van der Waals surface area contributed by atoms with Crippen LogP contribution in [-0.4, -0.2) is 11.1 Å². The molecule has 108 valence electrons. The van der Waals surface area contributed by atoms with Crippen LogP contribution in [0.25, 0.3) is 11.1 Å². The fourth-order valence-corrected chi connectivity index (χ4v) is 2.81. The van der Waals surface area contributed by atoms with E-state index < -0.39 is 17.6 Å². The highest BCUT2D eigenvalue weighted by atomic mass is 35.5. The average Bonchev–Trinajstić information content (AvgIpc) is 3.22. The van der Waals surface area contributed by atoms with Crippen molar-refractivity contribution in [2.45, 2.75) is 12.3 Å². The zero-order valence-corrected chi connectivity index (χ0v) is 11.6. The summed E-state index contributed by atoms with van der Waals surface area (Å²) in [6, 6.07) is 8.15. The van der Waals surface area contributed by atoms with Crippen molar-refractivity contribution in [2.75, 3.05) is 0 Å². The summed E-state index contributed by atoms with van der Waals surface area (Å²) in [6.45, 7) is 0. The Kier molecular flexibility index (Phi) is 3.41. The van der Waals surface area contributed by atoms with E-state index in [1.54, 1.807) is 18.2 Å². The van der Waals surface area contributed by atoms with Gasteiger partial charge < -0.3 is 5.11 Å². The van der Waals surface area contributed by atoms with E-state index in [-0.39, 0.29) is 22.4 Å². The van der Waals surface area contributed by atoms with Crippen molar-refractivity contribution in [2.24, 2.45) is 5.92 Å². The fourth-order valence-electron chi connectivity index (χ4n) is 2.52. The first-order valence-corrected chi connectivity index (χ1v) is 6.83. The van der Waals surface area contributed by atoms with Crippen molar-refractivity contribution in [3.8, 4) is 11.1 Å². The Morgan fingerprint density at radius 3 is 2.52 bits per heavy atom. The molecule has 0 aliphatic heterocycles. The largest absolute Gasteiger partial charge is 0.481 e. The van der Waals surface area contributed by atoms with Crippen LogP contribution in [0.2, 0.25) is 5.02 Å². The molecular formula is C16H11ClF2O2. The maximum absolute atomic E-state index is 13.8. The zero-order valence-electron chi connectivity index (χ0n) is 10.8. The van der Waals surface area contributed by atoms with Crippen LogP contribution >= 0.6 is 11.6 Å². The molecule has 1 aliphatic rings. The van der Waals surface area contributed by atoms with E-state index in [1.165, 1.54) is 0 Å². The summed E-state index contributed by atoms with van der Waals surface area (Å²) in [4.78, 5) is 10.9. The molecule has 0 saturated heterocycles. The number of aliphatic carboxylic acids is 1. The van der Waals surface area contributed by atoms with Gasteiger partial charge in [0, 0.05) is 16.1 Å². The van der Waals surface area contributed by atoms with Crippen LogP contribution in [0.1, 0.15) is 17.9 Å². The SMILES string of the molecule is O=C(O)[C@@H]1C[C@H]1c1ccc(-c2cc(F)ccc2F)c(Cl)c1. The van der Waals surface area contributed by atoms with Crippen molar-refractivity contribution in [1.82, 2.24) is 0 Å². The number of hydrogen-bond donors (Lipinski definition) is 1. The van der Waals surface area contributed by atoms with Gasteiger partial charge in [-0.05, 0) is 42.2 Å². The summed E-state index contributed by atoms with van der Waals surface area (Å²) in [5, 5.41) is 9.21. The highest BCUT2D eigenvalue weighted by molar-refractivity contribution is 6.33. The van der Waals surface area contributed by atoms with Gasteiger partial charge in [-0.2, -0.15) is 0 Å². The molecule has 1 aliphatic carbocycles. The molecule has 0 unspecified atom stereocenters. The van der Waals surface area contributed by atoms with Gasteiger partial charge in [0.15, 0.2) is 0 Å². The van der Waals surface area contributed by atoms with Crippen molar-refractivity contribution in [1.29, 1.82) is 0 Å². The highest BCUT2D eigenvalue weighted by Gasteiger charge is 2.44. The number of carbonyl (C=O) groups is 1. The Hall–Kier alpha value is -1.94. The average molecular weight is 309 g/mol. The predicted molar refractivity (Wildman–Crippen MR) is 75.3 cm³/mol. The molecule has 3 rings (SSSR count). The molecule has 0 spiro atoms. The van der Waals surface area contributed by atoms with Gasteiger partial charge in [-0.25, -0.2) is 8.78 Å². The first kappa shape index (κ1) is 14.0. The second-order valence-electron chi connectivity index (χ2n) is 5.15. The van der Waals surface area contributed by atoms with Gasteiger partial charge in [0.1, 0.15) is 11.6 Å². The summed E-state index contributed by atoms with van der Waals surface area (Å²) >= 11 is 6.15. The molecule has 2 nitrogen and oxygen atoms in total. The van der Waals surface area contributed by atoms with E-state index in [0.29, 0.717) is 12.0 Å². The molecule has 0 bridgehead atoms. The Bertz CT molecular complexity index is 730. The normalized spacial score (nSPS) is 20.3. The number of hydrogen-bond acceptors (Lipinski definition) is 1. The zero-order chi connectivity index (χ0) is 15.1. The highest BCUT2D eigenvalue weighted by Crippen LogP contribution is 2.48. The maximum Gasteiger partial charge on any atom is 0.307 e. The van der Waals surface area contributed by atoms with Crippen molar-refractivity contribution < 1.29 is 18.7 Å². The van der Waals surface area contributed by atoms with Crippen LogP contribution in [-0.2, 0) is 4.79 Å². The second-order valence-corrected chi connectivity index (χ2v) is 5.56. The lowest BCUT2D eigenvalue weighted by atomic mass is 10.0. The monoisotopic (exact) mass is 308 g/mol. The van der Waals surface area contributed by atoms with Gasteiger partial charge >= 0.3 is 5.97 Å². The minimum atomic E-state index is -0.823. The van der Waals surface area contributed by atoms with Gasteiger partial charge in [-0.1, -0.05) is 23.7 Å². The van der Waals surface area contributed by atoms with E-state index >= 15 is 0 Å². The van der Waals surface area contributed by atoms with Crippen molar-refractivity contribution in [3.05, 3.63) is 58.6 Å². The molecule has 21 heavy (non-hydrogen) atoms. The number of carboxylic acids is 1. The maximum atomic E-state index is 13.8. The first-order valence-electron chi connectivity index (χ1n) is 6.45. The Morgan fingerprint density at radius 2 is 1.90 bits per heavy atom. The summed E-state index contributed by atoms with van der Waals surface area (Å²) in [6.07, 6.45) is 0.583. The summed E-state index contributed by atoms with van der Waals surface area (Å²) in [5.41, 5.74) is 1.30. The molecule has 1 saturated carbocycles. The van der Waals surface area contributed by atoms with Gasteiger partial charge in [0.25, 0.3) is 0 Å². The van der Waals surface area contributed by atoms with Crippen LogP contribution in [0.3, 0.4) is 0 Å². The third kappa shape index (κ3) is 2.63. The lowest BCUT2D eigenvalue weighted by Gasteiger charge is -2.08. The van der Waals surface area contributed by atoms with Gasteiger partial charge in [0.05, 0.1) is 5.92 Å². The molecule has 0 radical (unpaired) electrons. The smallest absolute Gasteiger partial charge is 0.307 e. The third-order valence-corrected chi connectivity index (χ3v) is 4.06. The van der Waals surface area contributed by atoms with E-state index in [4.69, 9.17) is 16.7 Å². The van der Waals surface area contributed by atoms with E-state index in [2.05, 4.69) is 0 Å². The van der Waals surface area contributed by atoms with Crippen LogP contribution in [0.5, 0.6) is 0 Å². The van der Waals surface area contributed by atoms with Gasteiger partial charge in [0.2, 0.25) is 0 Å². The fraction of sp³-hybridized carbons (Fsp3) is 0.188. The second kappa shape index (κ2) is 5.11. The minimum Gasteiger partial charge on any atom is -0.481 e. The molecule has 0 amide bonds. The molecule has 2 aromatic rings. The first-order chi connectivity index (χ1) is 9.97. The van der Waals surface area contributed by atoms with Crippen molar-refractivity contribution in [3.63, 3.8) is 0 Å². The van der Waals surface area contributed by atoms with E-state index in [9.17, 15) is 13.6 Å². The van der Waals surface area contributed by atoms with E-state index in [1.807, 2.05) is 0 Å². The topological polar surface area (TPSA) is 37.3 Å². The Labute approximate surface area is 125 Å². The summed E-state index contributed by atoms with van der Waals surface area (Å²) in [5.74, 6) is -2.35. The molecule has 5 heteroatoms. The number of benzene rings is 2. The predicted octanol–water partition coefficient (Wildman–Crippen LogP) is 4.47. The van der Waals surface area contributed by atoms with Gasteiger partial charge in [-0.15, -0.1) is 0 Å². The van der Waals surface area contributed by atoms with Crippen molar-refractivity contribution >= 4 is 17.6 Å². The number of halogens is 3. The van der Waals surface area contributed by atoms with Crippen LogP contribution in [0, 0.1) is 17.6 Å². The molecule has 2 aromatic carbocycles. The molecule has 1 N–H and O–H groups in total. The minimum absolute atomic E-state index is 0.0496. The summed E-state index contributed by atoms with van der Waals surface area (Å²) in [7, 11) is 0. The number of carboxylic acid groups (broad SMARTS) is 1. The molecule has 2 atom stereocenters. The molecule has 1 fully saturated rings. The molecule has 0 aromatic heterocycles. The van der Waals surface area contributed by atoms with Gasteiger partial charge in [-0.3, -0.25) is 4.79 Å². The number of rotatable bonds is 3. The van der Waals surface area contributed by atoms with Crippen LogP contribution < -0.4 is 0 Å². The van der Waals surface area contributed by atoms with E-state index in [0.717, 1.165) is 23.8 Å². The molecule has 0 heterocycles.